The SMILES string of the molecule is CCCC(C)CP(C)(C)(C)CC1C(C)C1C. The average molecular weight is 244 g/mol. The van der Waals surface area contributed by atoms with Crippen LogP contribution in [0, 0.1) is 23.7 Å². The summed E-state index contributed by atoms with van der Waals surface area (Å²) in [5.41, 5.74) is 0. The van der Waals surface area contributed by atoms with Crippen molar-refractivity contribution in [2.45, 2.75) is 40.5 Å². The Labute approximate surface area is 104 Å². The Morgan fingerprint density at radius 2 is 1.56 bits per heavy atom. The summed E-state index contributed by atoms with van der Waals surface area (Å²) in [5, 5.41) is 0. The summed E-state index contributed by atoms with van der Waals surface area (Å²) in [5.74, 6) is 3.99. The fourth-order valence-corrected chi connectivity index (χ4v) is 8.56. The van der Waals surface area contributed by atoms with Crippen LogP contribution in [-0.4, -0.2) is 32.3 Å². The molecule has 1 heteroatoms. The van der Waals surface area contributed by atoms with Gasteiger partial charge in [0, 0.05) is 0 Å². The second-order valence-corrected chi connectivity index (χ2v) is 15.8. The van der Waals surface area contributed by atoms with Crippen molar-refractivity contribution in [3.05, 3.63) is 0 Å². The standard InChI is InChI=1S/C15H33P/c1-8-9-12(2)10-16(5,6,7)11-15-13(3)14(15)4/h12-15H,8-11H2,1-7H3. The summed E-state index contributed by atoms with van der Waals surface area (Å²) in [6.07, 6.45) is 5.82. The first kappa shape index (κ1) is 14.5. The van der Waals surface area contributed by atoms with Gasteiger partial charge in [0.1, 0.15) is 0 Å². The van der Waals surface area contributed by atoms with Crippen molar-refractivity contribution < 1.29 is 0 Å². The maximum atomic E-state index is 2.62. The molecule has 0 amide bonds. The van der Waals surface area contributed by atoms with Gasteiger partial charge in [-0.05, 0) is 0 Å². The summed E-state index contributed by atoms with van der Waals surface area (Å²) >= 11 is 0. The Balaban J connectivity index is 2.51. The van der Waals surface area contributed by atoms with Gasteiger partial charge in [-0.3, -0.25) is 0 Å². The van der Waals surface area contributed by atoms with Gasteiger partial charge in [0.25, 0.3) is 0 Å². The Kier molecular flexibility index (Phi) is 4.17. The van der Waals surface area contributed by atoms with Gasteiger partial charge in [0.15, 0.2) is 0 Å². The molecule has 0 bridgehead atoms. The minimum atomic E-state index is -1.36. The third kappa shape index (κ3) is 4.02. The molecule has 1 aliphatic carbocycles. The zero-order valence-corrected chi connectivity index (χ0v) is 13.5. The zero-order valence-electron chi connectivity index (χ0n) is 12.6. The van der Waals surface area contributed by atoms with Crippen LogP contribution in [0.5, 0.6) is 0 Å². The van der Waals surface area contributed by atoms with Crippen molar-refractivity contribution in [2.24, 2.45) is 23.7 Å². The molecule has 0 spiro atoms. The molecule has 3 unspecified atom stereocenters. The normalized spacial score (nSPS) is 34.2. The molecule has 1 aliphatic rings. The molecule has 0 saturated heterocycles. The topological polar surface area (TPSA) is 0 Å². The van der Waals surface area contributed by atoms with Gasteiger partial charge in [-0.2, -0.15) is 0 Å². The molecule has 0 aliphatic heterocycles. The van der Waals surface area contributed by atoms with Crippen LogP contribution >= 0.6 is 6.60 Å². The summed E-state index contributed by atoms with van der Waals surface area (Å²) in [7, 11) is 0. The summed E-state index contributed by atoms with van der Waals surface area (Å²) in [4.78, 5) is 0. The summed E-state index contributed by atoms with van der Waals surface area (Å²) in [6.45, 7) is 16.2. The fourth-order valence-electron chi connectivity index (χ4n) is 3.69. The van der Waals surface area contributed by atoms with Crippen LogP contribution in [0.3, 0.4) is 0 Å². The Hall–Kier alpha value is 0.430. The van der Waals surface area contributed by atoms with Crippen LogP contribution in [0.4, 0.5) is 0 Å². The molecule has 0 N–H and O–H groups in total. The summed E-state index contributed by atoms with van der Waals surface area (Å²) < 4.78 is 0. The van der Waals surface area contributed by atoms with E-state index in [1.807, 2.05) is 0 Å². The number of rotatable bonds is 6. The monoisotopic (exact) mass is 244 g/mol. The molecule has 0 aromatic rings. The molecule has 0 aromatic heterocycles. The second-order valence-electron chi connectivity index (χ2n) is 8.10. The van der Waals surface area contributed by atoms with E-state index < -0.39 is 6.60 Å². The van der Waals surface area contributed by atoms with Crippen LogP contribution in [0.15, 0.2) is 0 Å². The van der Waals surface area contributed by atoms with E-state index in [9.17, 15) is 0 Å². The molecule has 0 heterocycles. The number of hydrogen-bond acceptors (Lipinski definition) is 0. The van der Waals surface area contributed by atoms with E-state index in [1.54, 1.807) is 6.16 Å². The molecule has 0 nitrogen and oxygen atoms in total. The van der Waals surface area contributed by atoms with Crippen molar-refractivity contribution in [1.82, 2.24) is 0 Å². The van der Waals surface area contributed by atoms with Gasteiger partial charge >= 0.3 is 103 Å². The number of hydrogen-bond donors (Lipinski definition) is 0. The van der Waals surface area contributed by atoms with E-state index in [-0.39, 0.29) is 0 Å². The molecule has 98 valence electrons. The molecular weight excluding hydrogens is 211 g/mol. The van der Waals surface area contributed by atoms with Crippen molar-refractivity contribution in [1.29, 1.82) is 0 Å². The van der Waals surface area contributed by atoms with Gasteiger partial charge in [0.2, 0.25) is 0 Å². The Bertz CT molecular complexity index is 228. The molecule has 3 atom stereocenters. The van der Waals surface area contributed by atoms with Crippen molar-refractivity contribution in [3.8, 4) is 0 Å². The molecule has 1 saturated carbocycles. The molecule has 0 radical (unpaired) electrons. The maximum absolute atomic E-state index is 2.62. The van der Waals surface area contributed by atoms with Gasteiger partial charge in [-0.15, -0.1) is 0 Å². The van der Waals surface area contributed by atoms with Crippen molar-refractivity contribution in [2.75, 3.05) is 32.3 Å². The predicted molar refractivity (Wildman–Crippen MR) is 80.3 cm³/mol. The Morgan fingerprint density at radius 3 is 1.94 bits per heavy atom. The van der Waals surface area contributed by atoms with Gasteiger partial charge in [-0.25, -0.2) is 0 Å². The summed E-state index contributed by atoms with van der Waals surface area (Å²) in [6, 6.07) is 0. The second kappa shape index (κ2) is 4.60. The molecule has 0 aromatic carbocycles. The van der Waals surface area contributed by atoms with Gasteiger partial charge < -0.3 is 0 Å². The van der Waals surface area contributed by atoms with Crippen LogP contribution < -0.4 is 0 Å². The fraction of sp³-hybridized carbons (Fsp3) is 1.00. The van der Waals surface area contributed by atoms with Crippen molar-refractivity contribution >= 4 is 6.60 Å². The Morgan fingerprint density at radius 1 is 1.06 bits per heavy atom. The zero-order chi connectivity index (χ0) is 12.6. The first-order valence-corrected chi connectivity index (χ1v) is 11.1. The van der Waals surface area contributed by atoms with E-state index in [2.05, 4.69) is 47.7 Å². The first-order chi connectivity index (χ1) is 7.14. The van der Waals surface area contributed by atoms with Gasteiger partial charge in [0.05, 0.1) is 0 Å². The third-order valence-electron chi connectivity index (χ3n) is 4.70. The van der Waals surface area contributed by atoms with Gasteiger partial charge in [-0.1, -0.05) is 0 Å². The van der Waals surface area contributed by atoms with Crippen LogP contribution in [0.1, 0.15) is 40.5 Å². The van der Waals surface area contributed by atoms with E-state index >= 15 is 0 Å². The van der Waals surface area contributed by atoms with Crippen LogP contribution in [0.25, 0.3) is 0 Å². The average Bonchev–Trinajstić information content (AvgIpc) is 2.59. The van der Waals surface area contributed by atoms with E-state index in [4.69, 9.17) is 0 Å². The van der Waals surface area contributed by atoms with E-state index in [0.717, 1.165) is 23.7 Å². The molecule has 16 heavy (non-hydrogen) atoms. The van der Waals surface area contributed by atoms with Crippen LogP contribution in [-0.2, 0) is 0 Å². The van der Waals surface area contributed by atoms with E-state index in [1.165, 1.54) is 19.0 Å². The van der Waals surface area contributed by atoms with E-state index in [0.29, 0.717) is 0 Å². The molecule has 1 fully saturated rings. The third-order valence-corrected chi connectivity index (χ3v) is 8.45. The quantitative estimate of drug-likeness (QED) is 0.591. The molecule has 1 rings (SSSR count). The van der Waals surface area contributed by atoms with Crippen molar-refractivity contribution in [3.63, 3.8) is 0 Å². The first-order valence-electron chi connectivity index (χ1n) is 7.14. The minimum absolute atomic E-state index is 0.937. The molecular formula is C15H33P. The van der Waals surface area contributed by atoms with Crippen LogP contribution in [0.2, 0.25) is 0 Å². The predicted octanol–water partition coefficient (Wildman–Crippen LogP) is 4.77.